The molecule has 1 rings (SSSR count). The van der Waals surface area contributed by atoms with Crippen LogP contribution in [0.3, 0.4) is 0 Å². The molecule has 82 valence electrons. The largest absolute Gasteiger partial charge is 0.350 e. The summed E-state index contributed by atoms with van der Waals surface area (Å²) in [7, 11) is 0. The number of rotatable bonds is 3. The van der Waals surface area contributed by atoms with E-state index in [1.807, 2.05) is 39.0 Å². The van der Waals surface area contributed by atoms with Crippen molar-refractivity contribution in [2.45, 2.75) is 40.2 Å². The molecule has 0 fully saturated rings. The molecule has 1 N–H and O–H groups in total. The number of benzene rings is 1. The summed E-state index contributed by atoms with van der Waals surface area (Å²) in [5, 5.41) is 2.97. The zero-order valence-corrected chi connectivity index (χ0v) is 9.92. The highest BCUT2D eigenvalue weighted by Gasteiger charge is 2.10. The van der Waals surface area contributed by atoms with Crippen molar-refractivity contribution in [2.75, 3.05) is 0 Å². The Balaban J connectivity index is 2.82. The Morgan fingerprint density at radius 3 is 2.60 bits per heavy atom. The molecular formula is C13H19NO. The predicted octanol–water partition coefficient (Wildman–Crippen LogP) is 2.83. The summed E-state index contributed by atoms with van der Waals surface area (Å²) >= 11 is 0. The number of carbonyl (C=O) groups is 1. The van der Waals surface area contributed by atoms with E-state index in [-0.39, 0.29) is 11.9 Å². The fourth-order valence-corrected chi connectivity index (χ4v) is 1.47. The van der Waals surface area contributed by atoms with Gasteiger partial charge in [0.25, 0.3) is 5.91 Å². The molecule has 0 radical (unpaired) electrons. The van der Waals surface area contributed by atoms with Crippen molar-refractivity contribution in [1.29, 1.82) is 0 Å². The Hall–Kier alpha value is -1.31. The Bertz CT molecular complexity index is 358. The lowest BCUT2D eigenvalue weighted by molar-refractivity contribution is 0.0938. The third kappa shape index (κ3) is 3.08. The molecule has 1 atom stereocenters. The van der Waals surface area contributed by atoms with Crippen LogP contribution >= 0.6 is 0 Å². The molecule has 1 amide bonds. The minimum Gasteiger partial charge on any atom is -0.350 e. The number of amides is 1. The van der Waals surface area contributed by atoms with Crippen LogP contribution in [0.4, 0.5) is 0 Å². The van der Waals surface area contributed by atoms with E-state index in [4.69, 9.17) is 0 Å². The van der Waals surface area contributed by atoms with Crippen molar-refractivity contribution in [3.63, 3.8) is 0 Å². The van der Waals surface area contributed by atoms with Gasteiger partial charge in [0.05, 0.1) is 0 Å². The second-order valence-electron chi connectivity index (χ2n) is 4.10. The SMILES string of the molecule is CC[C@H](C)NC(=O)c1ccc(C)cc1C. The number of nitrogens with one attached hydrogen (secondary N) is 1. The summed E-state index contributed by atoms with van der Waals surface area (Å²) < 4.78 is 0. The molecule has 0 aliphatic heterocycles. The Labute approximate surface area is 91.7 Å². The molecule has 1 aromatic carbocycles. The number of carbonyl (C=O) groups excluding carboxylic acids is 1. The molecule has 15 heavy (non-hydrogen) atoms. The van der Waals surface area contributed by atoms with Crippen LogP contribution < -0.4 is 5.32 Å². The van der Waals surface area contributed by atoms with Crippen LogP contribution in [0.5, 0.6) is 0 Å². The van der Waals surface area contributed by atoms with Gasteiger partial charge < -0.3 is 5.32 Å². The van der Waals surface area contributed by atoms with Crippen LogP contribution in [0.15, 0.2) is 18.2 Å². The fourth-order valence-electron chi connectivity index (χ4n) is 1.47. The van der Waals surface area contributed by atoms with Gasteiger partial charge in [0.2, 0.25) is 0 Å². The van der Waals surface area contributed by atoms with Crippen LogP contribution in [0, 0.1) is 13.8 Å². The molecule has 0 aliphatic rings. The number of hydrogen-bond donors (Lipinski definition) is 1. The molecule has 0 spiro atoms. The van der Waals surface area contributed by atoms with Crippen LogP contribution in [0.25, 0.3) is 0 Å². The molecule has 0 saturated carbocycles. The minimum atomic E-state index is 0.0295. The van der Waals surface area contributed by atoms with E-state index in [9.17, 15) is 4.79 Å². The van der Waals surface area contributed by atoms with Gasteiger partial charge >= 0.3 is 0 Å². The average Bonchev–Trinajstić information content (AvgIpc) is 2.17. The summed E-state index contributed by atoms with van der Waals surface area (Å²) in [6.07, 6.45) is 0.955. The van der Waals surface area contributed by atoms with E-state index in [0.29, 0.717) is 0 Å². The smallest absolute Gasteiger partial charge is 0.251 e. The molecule has 0 bridgehead atoms. The van der Waals surface area contributed by atoms with Crippen LogP contribution in [-0.2, 0) is 0 Å². The van der Waals surface area contributed by atoms with E-state index >= 15 is 0 Å². The highest BCUT2D eigenvalue weighted by molar-refractivity contribution is 5.95. The van der Waals surface area contributed by atoms with E-state index in [0.717, 1.165) is 17.5 Å². The first kappa shape index (κ1) is 11.8. The first-order valence-electron chi connectivity index (χ1n) is 5.42. The highest BCUT2D eigenvalue weighted by Crippen LogP contribution is 2.10. The summed E-state index contributed by atoms with van der Waals surface area (Å²) in [6, 6.07) is 6.13. The monoisotopic (exact) mass is 205 g/mol. The molecule has 0 aliphatic carbocycles. The predicted molar refractivity (Wildman–Crippen MR) is 63.1 cm³/mol. The maximum atomic E-state index is 11.8. The molecule has 0 aromatic heterocycles. The van der Waals surface area contributed by atoms with Crippen molar-refractivity contribution >= 4 is 5.91 Å². The topological polar surface area (TPSA) is 29.1 Å². The molecule has 0 heterocycles. The molecule has 2 heteroatoms. The van der Waals surface area contributed by atoms with E-state index in [2.05, 4.69) is 12.2 Å². The van der Waals surface area contributed by atoms with Crippen molar-refractivity contribution in [2.24, 2.45) is 0 Å². The van der Waals surface area contributed by atoms with Gasteiger partial charge in [-0.1, -0.05) is 24.6 Å². The van der Waals surface area contributed by atoms with Gasteiger partial charge in [0.15, 0.2) is 0 Å². The van der Waals surface area contributed by atoms with Crippen molar-refractivity contribution in [1.82, 2.24) is 5.32 Å². The molecule has 1 aromatic rings. The Morgan fingerprint density at radius 2 is 2.07 bits per heavy atom. The molecule has 0 saturated heterocycles. The van der Waals surface area contributed by atoms with Crippen molar-refractivity contribution in [3.05, 3.63) is 34.9 Å². The third-order valence-corrected chi connectivity index (χ3v) is 2.62. The molecule has 2 nitrogen and oxygen atoms in total. The summed E-state index contributed by atoms with van der Waals surface area (Å²) in [6.45, 7) is 8.08. The maximum Gasteiger partial charge on any atom is 0.251 e. The van der Waals surface area contributed by atoms with Crippen molar-refractivity contribution in [3.8, 4) is 0 Å². The van der Waals surface area contributed by atoms with Crippen molar-refractivity contribution < 1.29 is 4.79 Å². The summed E-state index contributed by atoms with van der Waals surface area (Å²) in [5.41, 5.74) is 3.00. The van der Waals surface area contributed by atoms with Crippen LogP contribution in [0.1, 0.15) is 41.8 Å². The quantitative estimate of drug-likeness (QED) is 0.807. The van der Waals surface area contributed by atoms with Crippen LogP contribution in [-0.4, -0.2) is 11.9 Å². The standard InChI is InChI=1S/C13H19NO/c1-5-11(4)14-13(15)12-7-6-9(2)8-10(12)3/h6-8,11H,5H2,1-4H3,(H,14,15)/t11-/m0/s1. The second-order valence-corrected chi connectivity index (χ2v) is 4.10. The number of hydrogen-bond acceptors (Lipinski definition) is 1. The lowest BCUT2D eigenvalue weighted by Gasteiger charge is -2.13. The fraction of sp³-hybridized carbons (Fsp3) is 0.462. The molecule has 0 unspecified atom stereocenters. The summed E-state index contributed by atoms with van der Waals surface area (Å²) in [4.78, 5) is 11.8. The zero-order valence-electron chi connectivity index (χ0n) is 9.92. The van der Waals surface area contributed by atoms with Gasteiger partial charge in [-0.3, -0.25) is 4.79 Å². The summed E-state index contributed by atoms with van der Waals surface area (Å²) in [5.74, 6) is 0.0295. The minimum absolute atomic E-state index is 0.0295. The van der Waals surface area contributed by atoms with Gasteiger partial charge in [-0.2, -0.15) is 0 Å². The van der Waals surface area contributed by atoms with Gasteiger partial charge in [-0.25, -0.2) is 0 Å². The normalized spacial score (nSPS) is 12.3. The van der Waals surface area contributed by atoms with Crippen LogP contribution in [0.2, 0.25) is 0 Å². The number of aryl methyl sites for hydroxylation is 2. The van der Waals surface area contributed by atoms with Gasteiger partial charge in [-0.05, 0) is 38.8 Å². The average molecular weight is 205 g/mol. The first-order valence-corrected chi connectivity index (χ1v) is 5.42. The molecular weight excluding hydrogens is 186 g/mol. The lowest BCUT2D eigenvalue weighted by atomic mass is 10.0. The highest BCUT2D eigenvalue weighted by atomic mass is 16.1. The first-order chi connectivity index (χ1) is 7.04. The zero-order chi connectivity index (χ0) is 11.4. The van der Waals surface area contributed by atoms with E-state index in [1.54, 1.807) is 0 Å². The Morgan fingerprint density at radius 1 is 1.40 bits per heavy atom. The van der Waals surface area contributed by atoms with Gasteiger partial charge in [-0.15, -0.1) is 0 Å². The third-order valence-electron chi connectivity index (χ3n) is 2.62. The van der Waals surface area contributed by atoms with E-state index in [1.165, 1.54) is 5.56 Å². The Kier molecular flexibility index (Phi) is 3.89. The second kappa shape index (κ2) is 4.96. The van der Waals surface area contributed by atoms with E-state index < -0.39 is 0 Å². The van der Waals surface area contributed by atoms with Gasteiger partial charge in [0.1, 0.15) is 0 Å². The maximum absolute atomic E-state index is 11.8. The lowest BCUT2D eigenvalue weighted by Crippen LogP contribution is -2.32. The van der Waals surface area contributed by atoms with Gasteiger partial charge in [0, 0.05) is 11.6 Å².